The topological polar surface area (TPSA) is 80.4 Å². The van der Waals surface area contributed by atoms with Crippen molar-refractivity contribution in [3.05, 3.63) is 114 Å². The molecule has 0 saturated carbocycles. The summed E-state index contributed by atoms with van der Waals surface area (Å²) in [5.41, 5.74) is 2.36. The minimum absolute atomic E-state index is 0.117. The van der Waals surface area contributed by atoms with Crippen LogP contribution in [0.25, 0.3) is 11.8 Å². The van der Waals surface area contributed by atoms with Gasteiger partial charge in [-0.15, -0.1) is 0 Å². The van der Waals surface area contributed by atoms with E-state index in [0.717, 1.165) is 11.3 Å². The lowest BCUT2D eigenvalue weighted by molar-refractivity contribution is -0.126. The highest BCUT2D eigenvalue weighted by atomic mass is 16.3. The summed E-state index contributed by atoms with van der Waals surface area (Å²) in [6.07, 6.45) is 6.62. The summed E-state index contributed by atoms with van der Waals surface area (Å²) >= 11 is 0. The Morgan fingerprint density at radius 3 is 2.44 bits per heavy atom. The van der Waals surface area contributed by atoms with Crippen molar-refractivity contribution in [1.82, 2.24) is 20.0 Å². The zero-order valence-electron chi connectivity index (χ0n) is 17.5. The van der Waals surface area contributed by atoms with E-state index in [1.165, 1.54) is 17.2 Å². The van der Waals surface area contributed by atoms with Crippen LogP contribution < -0.4 is 5.32 Å². The summed E-state index contributed by atoms with van der Waals surface area (Å²) in [5, 5.41) is 7.09. The third-order valence-electron chi connectivity index (χ3n) is 4.77. The number of carbonyl (C=O) groups is 2. The predicted molar refractivity (Wildman–Crippen MR) is 121 cm³/mol. The van der Waals surface area contributed by atoms with E-state index in [0.29, 0.717) is 17.9 Å². The molecule has 0 spiro atoms. The molecule has 7 nitrogen and oxygen atoms in total. The van der Waals surface area contributed by atoms with Gasteiger partial charge in [-0.2, -0.15) is 5.10 Å². The number of rotatable bonds is 7. The SMILES string of the molecule is CN(Cc1cnn(-c2ccccc2)c1)C(=O)C(=Cc1ccco1)NC(=O)c1ccccc1. The van der Waals surface area contributed by atoms with E-state index in [1.807, 2.05) is 42.6 Å². The van der Waals surface area contributed by atoms with Gasteiger partial charge >= 0.3 is 0 Å². The molecule has 0 aliphatic rings. The second kappa shape index (κ2) is 9.61. The molecular weight excluding hydrogens is 404 g/mol. The molecule has 2 amide bonds. The highest BCUT2D eigenvalue weighted by molar-refractivity contribution is 6.05. The van der Waals surface area contributed by atoms with Crippen LogP contribution >= 0.6 is 0 Å². The second-order valence-corrected chi connectivity index (χ2v) is 7.18. The molecule has 1 N–H and O–H groups in total. The number of carbonyl (C=O) groups excluding carboxylic acids is 2. The number of hydrogen-bond acceptors (Lipinski definition) is 4. The molecule has 32 heavy (non-hydrogen) atoms. The summed E-state index contributed by atoms with van der Waals surface area (Å²) in [7, 11) is 1.67. The van der Waals surface area contributed by atoms with Crippen molar-refractivity contribution in [2.45, 2.75) is 6.54 Å². The molecule has 2 aromatic carbocycles. The number of nitrogens with zero attached hydrogens (tertiary/aromatic N) is 3. The molecule has 4 rings (SSSR count). The lowest BCUT2D eigenvalue weighted by atomic mass is 10.2. The second-order valence-electron chi connectivity index (χ2n) is 7.18. The van der Waals surface area contributed by atoms with Crippen LogP contribution in [0.2, 0.25) is 0 Å². The van der Waals surface area contributed by atoms with Gasteiger partial charge in [0.15, 0.2) is 0 Å². The van der Waals surface area contributed by atoms with E-state index in [1.54, 1.807) is 54.3 Å². The maximum atomic E-state index is 13.2. The maximum absolute atomic E-state index is 13.2. The van der Waals surface area contributed by atoms with Gasteiger partial charge in [0, 0.05) is 37.0 Å². The maximum Gasteiger partial charge on any atom is 0.270 e. The fourth-order valence-corrected chi connectivity index (χ4v) is 3.17. The number of amides is 2. The highest BCUT2D eigenvalue weighted by Gasteiger charge is 2.19. The minimum Gasteiger partial charge on any atom is -0.465 e. The van der Waals surface area contributed by atoms with Gasteiger partial charge in [0.2, 0.25) is 0 Å². The molecule has 160 valence electrons. The summed E-state index contributed by atoms with van der Waals surface area (Å²) in [6.45, 7) is 0.322. The number of para-hydroxylation sites is 1. The number of hydrogen-bond donors (Lipinski definition) is 1. The van der Waals surface area contributed by atoms with E-state index in [-0.39, 0.29) is 17.5 Å². The largest absolute Gasteiger partial charge is 0.465 e. The molecule has 0 atom stereocenters. The van der Waals surface area contributed by atoms with Gasteiger partial charge in [0.05, 0.1) is 18.1 Å². The Hall–Kier alpha value is -4.39. The van der Waals surface area contributed by atoms with Crippen LogP contribution in [0.1, 0.15) is 21.7 Å². The molecular formula is C25H22N4O3. The molecule has 7 heteroatoms. The molecule has 4 aromatic rings. The number of likely N-dealkylation sites (N-methyl/N-ethyl adjacent to an activating group) is 1. The molecule has 0 fully saturated rings. The van der Waals surface area contributed by atoms with Crippen LogP contribution in [0, 0.1) is 0 Å². The fourth-order valence-electron chi connectivity index (χ4n) is 3.17. The van der Waals surface area contributed by atoms with Gasteiger partial charge in [0.25, 0.3) is 11.8 Å². The number of nitrogens with one attached hydrogen (secondary N) is 1. The first-order valence-corrected chi connectivity index (χ1v) is 10.1. The first kappa shape index (κ1) is 20.9. The van der Waals surface area contributed by atoms with Crippen LogP contribution in [0.15, 0.2) is 102 Å². The van der Waals surface area contributed by atoms with E-state index < -0.39 is 0 Å². The first-order chi connectivity index (χ1) is 15.6. The standard InChI is InChI=1S/C25H22N4O3/c1-28(17-19-16-26-29(18-19)21-11-6-3-7-12-21)25(31)23(15-22-13-8-14-32-22)27-24(30)20-9-4-2-5-10-20/h2-16,18H,17H2,1H3,(H,27,30). The van der Waals surface area contributed by atoms with Crippen molar-refractivity contribution in [1.29, 1.82) is 0 Å². The van der Waals surface area contributed by atoms with Crippen molar-refractivity contribution in [3.8, 4) is 5.69 Å². The molecule has 0 saturated heterocycles. The van der Waals surface area contributed by atoms with Crippen LogP contribution in [0.4, 0.5) is 0 Å². The summed E-state index contributed by atoms with van der Waals surface area (Å²) in [6, 6.07) is 21.9. The summed E-state index contributed by atoms with van der Waals surface area (Å²) in [4.78, 5) is 27.4. The van der Waals surface area contributed by atoms with Crippen LogP contribution in [-0.4, -0.2) is 33.5 Å². The van der Waals surface area contributed by atoms with E-state index in [9.17, 15) is 9.59 Å². The number of furan rings is 1. The minimum atomic E-state index is -0.373. The van der Waals surface area contributed by atoms with Crippen molar-refractivity contribution in [2.75, 3.05) is 7.05 Å². The fraction of sp³-hybridized carbons (Fsp3) is 0.0800. The Morgan fingerprint density at radius 2 is 1.75 bits per heavy atom. The molecule has 2 aromatic heterocycles. The Balaban J connectivity index is 1.51. The van der Waals surface area contributed by atoms with Gasteiger partial charge in [-0.3, -0.25) is 9.59 Å². The molecule has 0 unspecified atom stereocenters. The first-order valence-electron chi connectivity index (χ1n) is 10.1. The third kappa shape index (κ3) is 5.02. The van der Waals surface area contributed by atoms with Crippen molar-refractivity contribution < 1.29 is 14.0 Å². The molecule has 0 radical (unpaired) electrons. The smallest absolute Gasteiger partial charge is 0.270 e. The normalized spacial score (nSPS) is 11.2. The van der Waals surface area contributed by atoms with Gasteiger partial charge in [-0.05, 0) is 36.4 Å². The summed E-state index contributed by atoms with van der Waals surface area (Å²) in [5.74, 6) is -0.257. The van der Waals surface area contributed by atoms with Crippen LogP contribution in [0.5, 0.6) is 0 Å². The zero-order chi connectivity index (χ0) is 22.3. The van der Waals surface area contributed by atoms with Gasteiger partial charge in [-0.25, -0.2) is 4.68 Å². The number of aromatic nitrogens is 2. The van der Waals surface area contributed by atoms with E-state index in [4.69, 9.17) is 4.42 Å². The average molecular weight is 426 g/mol. The lowest BCUT2D eigenvalue weighted by Gasteiger charge is -2.19. The highest BCUT2D eigenvalue weighted by Crippen LogP contribution is 2.13. The Kier molecular flexibility index (Phi) is 6.27. The van der Waals surface area contributed by atoms with Crippen molar-refractivity contribution >= 4 is 17.9 Å². The lowest BCUT2D eigenvalue weighted by Crippen LogP contribution is -2.35. The quantitative estimate of drug-likeness (QED) is 0.455. The van der Waals surface area contributed by atoms with Gasteiger partial charge in [0.1, 0.15) is 11.5 Å². The zero-order valence-corrected chi connectivity index (χ0v) is 17.5. The molecule has 0 aliphatic carbocycles. The van der Waals surface area contributed by atoms with Crippen molar-refractivity contribution in [3.63, 3.8) is 0 Å². The number of benzene rings is 2. The van der Waals surface area contributed by atoms with Crippen LogP contribution in [-0.2, 0) is 11.3 Å². The third-order valence-corrected chi connectivity index (χ3v) is 4.77. The molecule has 0 aliphatic heterocycles. The van der Waals surface area contributed by atoms with Gasteiger partial charge in [-0.1, -0.05) is 36.4 Å². The van der Waals surface area contributed by atoms with E-state index >= 15 is 0 Å². The average Bonchev–Trinajstić information content (AvgIpc) is 3.51. The summed E-state index contributed by atoms with van der Waals surface area (Å²) < 4.78 is 7.09. The van der Waals surface area contributed by atoms with E-state index in [2.05, 4.69) is 10.4 Å². The van der Waals surface area contributed by atoms with Crippen molar-refractivity contribution in [2.24, 2.45) is 0 Å². The van der Waals surface area contributed by atoms with Gasteiger partial charge < -0.3 is 14.6 Å². The molecule has 2 heterocycles. The Labute approximate surface area is 185 Å². The Morgan fingerprint density at radius 1 is 1.03 bits per heavy atom. The monoisotopic (exact) mass is 426 g/mol. The van der Waals surface area contributed by atoms with Crippen LogP contribution in [0.3, 0.4) is 0 Å². The molecule has 0 bridgehead atoms. The Bertz CT molecular complexity index is 1210. The predicted octanol–water partition coefficient (Wildman–Crippen LogP) is 3.89.